The highest BCUT2D eigenvalue weighted by molar-refractivity contribution is 14.1. The normalized spacial score (nSPS) is 21.9. The number of methoxy groups -OCH3 is 1. The Balaban J connectivity index is 1.74. The number of amides is 2. The van der Waals surface area contributed by atoms with Gasteiger partial charge in [0.2, 0.25) is 11.8 Å². The third-order valence-corrected chi connectivity index (χ3v) is 8.78. The summed E-state index contributed by atoms with van der Waals surface area (Å²) >= 11 is 14.4. The molecule has 2 amide bonds. The van der Waals surface area contributed by atoms with Gasteiger partial charge >= 0.3 is 0 Å². The third-order valence-electron chi connectivity index (χ3n) is 7.24. The highest BCUT2D eigenvalue weighted by Gasteiger charge is 2.43. The van der Waals surface area contributed by atoms with Crippen molar-refractivity contribution in [2.45, 2.75) is 44.2 Å². The molecule has 228 valence electrons. The summed E-state index contributed by atoms with van der Waals surface area (Å²) in [5, 5.41) is 34.0. The SMILES string of the molecule is COc1cc(CO)cc(I)c1OC1C=C(C(=O)NCCO)CC(N(Cc2ccc(Cl)c(Cl)c2)C(=O)C2CCOC2)C1O. The van der Waals surface area contributed by atoms with Gasteiger partial charge in [-0.05, 0) is 70.5 Å². The number of benzene rings is 2. The number of hydrogen-bond donors (Lipinski definition) is 4. The summed E-state index contributed by atoms with van der Waals surface area (Å²) in [7, 11) is 1.46. The fourth-order valence-corrected chi connectivity index (χ4v) is 6.17. The standard InChI is InChI=1S/C29H33Cl2IN2O8/c1-40-25-10-17(14-36)9-22(32)27(25)42-24-12-19(28(38)33-5-6-35)11-23(26(24)37)34(29(39)18-4-7-41-15-18)13-16-2-3-20(30)21(31)8-16/h2-3,8-10,12,18,23-24,26,35-37H,4-7,11,13-15H2,1H3,(H,33,38). The molecule has 4 N–H and O–H groups in total. The van der Waals surface area contributed by atoms with E-state index in [2.05, 4.69) is 5.32 Å². The molecule has 2 aliphatic rings. The number of aliphatic hydroxyl groups excluding tert-OH is 3. The first-order chi connectivity index (χ1) is 20.2. The minimum Gasteiger partial charge on any atom is -0.493 e. The quantitative estimate of drug-likeness (QED) is 0.259. The van der Waals surface area contributed by atoms with E-state index in [1.807, 2.05) is 22.6 Å². The molecule has 10 nitrogen and oxygen atoms in total. The van der Waals surface area contributed by atoms with Crippen LogP contribution >= 0.6 is 45.8 Å². The van der Waals surface area contributed by atoms with Crippen LogP contribution in [0.25, 0.3) is 0 Å². The molecule has 4 unspecified atom stereocenters. The van der Waals surface area contributed by atoms with Gasteiger partial charge in [0.25, 0.3) is 0 Å². The average molecular weight is 735 g/mol. The zero-order chi connectivity index (χ0) is 30.4. The Labute approximate surface area is 267 Å². The van der Waals surface area contributed by atoms with Crippen molar-refractivity contribution in [2.75, 3.05) is 33.5 Å². The highest BCUT2D eigenvalue weighted by Crippen LogP contribution is 2.38. The number of nitrogens with one attached hydrogen (secondary N) is 1. The Hall–Kier alpha value is -2.13. The molecule has 1 saturated heterocycles. The highest BCUT2D eigenvalue weighted by atomic mass is 127. The summed E-state index contributed by atoms with van der Waals surface area (Å²) in [6.45, 7) is 0.388. The zero-order valence-corrected chi connectivity index (χ0v) is 26.6. The second kappa shape index (κ2) is 15.0. The average Bonchev–Trinajstić information content (AvgIpc) is 3.53. The second-order valence-electron chi connectivity index (χ2n) is 10.1. The molecular formula is C29H33Cl2IN2O8. The predicted molar refractivity (Wildman–Crippen MR) is 165 cm³/mol. The van der Waals surface area contributed by atoms with E-state index >= 15 is 0 Å². The van der Waals surface area contributed by atoms with Gasteiger partial charge in [0.15, 0.2) is 11.5 Å². The number of hydrogen-bond acceptors (Lipinski definition) is 8. The topological polar surface area (TPSA) is 138 Å². The number of ether oxygens (including phenoxy) is 3. The fraction of sp³-hybridized carbons (Fsp3) is 0.448. The summed E-state index contributed by atoms with van der Waals surface area (Å²) in [6.07, 6.45) is -0.192. The van der Waals surface area contributed by atoms with E-state index in [0.717, 1.165) is 0 Å². The monoisotopic (exact) mass is 734 g/mol. The lowest BCUT2D eigenvalue weighted by atomic mass is 9.87. The van der Waals surface area contributed by atoms with Crippen LogP contribution in [0.15, 0.2) is 42.0 Å². The van der Waals surface area contributed by atoms with E-state index < -0.39 is 30.1 Å². The Morgan fingerprint density at radius 1 is 1.17 bits per heavy atom. The molecule has 2 aromatic carbocycles. The number of carbonyl (C=O) groups excluding carboxylic acids is 2. The molecule has 0 spiro atoms. The minimum atomic E-state index is -1.24. The van der Waals surface area contributed by atoms with Gasteiger partial charge in [-0.1, -0.05) is 29.3 Å². The van der Waals surface area contributed by atoms with Gasteiger partial charge in [-0.3, -0.25) is 9.59 Å². The van der Waals surface area contributed by atoms with Gasteiger partial charge in [0, 0.05) is 31.7 Å². The molecule has 1 fully saturated rings. The summed E-state index contributed by atoms with van der Waals surface area (Å²) < 4.78 is 17.9. The Bertz CT molecular complexity index is 1320. The van der Waals surface area contributed by atoms with E-state index in [1.165, 1.54) is 13.2 Å². The zero-order valence-electron chi connectivity index (χ0n) is 22.9. The van der Waals surface area contributed by atoms with Crippen molar-refractivity contribution in [1.29, 1.82) is 0 Å². The predicted octanol–water partition coefficient (Wildman–Crippen LogP) is 3.08. The Kier molecular flexibility index (Phi) is 11.7. The molecule has 1 heterocycles. The van der Waals surface area contributed by atoms with Crippen LogP contribution in [0.5, 0.6) is 11.5 Å². The summed E-state index contributed by atoms with van der Waals surface area (Å²) in [5.74, 6) is -0.426. The number of nitrogens with zero attached hydrogens (tertiary/aromatic N) is 1. The summed E-state index contributed by atoms with van der Waals surface area (Å²) in [5.41, 5.74) is 1.60. The first kappa shape index (κ1) is 32.8. The van der Waals surface area contributed by atoms with Gasteiger partial charge in [-0.25, -0.2) is 0 Å². The lowest BCUT2D eigenvalue weighted by Gasteiger charge is -2.41. The van der Waals surface area contributed by atoms with Crippen LogP contribution in [0.1, 0.15) is 24.0 Å². The smallest absolute Gasteiger partial charge is 0.247 e. The maximum Gasteiger partial charge on any atom is 0.247 e. The molecule has 0 saturated carbocycles. The first-order valence-electron chi connectivity index (χ1n) is 13.4. The van der Waals surface area contributed by atoms with E-state index in [0.29, 0.717) is 54.8 Å². The van der Waals surface area contributed by atoms with Crippen LogP contribution in [-0.4, -0.2) is 83.8 Å². The molecule has 0 bridgehead atoms. The number of rotatable bonds is 11. The van der Waals surface area contributed by atoms with Crippen LogP contribution in [0.3, 0.4) is 0 Å². The van der Waals surface area contributed by atoms with Crippen molar-refractivity contribution in [3.8, 4) is 11.5 Å². The van der Waals surface area contributed by atoms with Gasteiger partial charge in [0.1, 0.15) is 12.2 Å². The van der Waals surface area contributed by atoms with Crippen LogP contribution in [0.2, 0.25) is 10.0 Å². The molecule has 13 heteroatoms. The van der Waals surface area contributed by atoms with Crippen molar-refractivity contribution in [1.82, 2.24) is 10.2 Å². The van der Waals surface area contributed by atoms with E-state index in [-0.39, 0.29) is 45.2 Å². The molecule has 42 heavy (non-hydrogen) atoms. The van der Waals surface area contributed by atoms with Crippen molar-refractivity contribution < 1.29 is 39.1 Å². The van der Waals surface area contributed by atoms with Crippen molar-refractivity contribution in [3.63, 3.8) is 0 Å². The molecule has 4 rings (SSSR count). The molecular weight excluding hydrogens is 702 g/mol. The first-order valence-corrected chi connectivity index (χ1v) is 15.2. The number of carbonyl (C=O) groups is 2. The molecule has 0 aromatic heterocycles. The molecule has 0 radical (unpaired) electrons. The lowest BCUT2D eigenvalue weighted by molar-refractivity contribution is -0.143. The van der Waals surface area contributed by atoms with Crippen LogP contribution in [0.4, 0.5) is 0 Å². The number of aliphatic hydroxyl groups is 3. The number of halogens is 3. The van der Waals surface area contributed by atoms with E-state index in [1.54, 1.807) is 35.2 Å². The third kappa shape index (κ3) is 7.68. The van der Waals surface area contributed by atoms with Crippen molar-refractivity contribution in [3.05, 3.63) is 66.7 Å². The second-order valence-corrected chi connectivity index (χ2v) is 12.0. The molecule has 4 atom stereocenters. The lowest BCUT2D eigenvalue weighted by Crippen LogP contribution is -2.56. The molecule has 2 aromatic rings. The Morgan fingerprint density at radius 2 is 1.95 bits per heavy atom. The van der Waals surface area contributed by atoms with Crippen molar-refractivity contribution in [2.24, 2.45) is 5.92 Å². The Morgan fingerprint density at radius 3 is 2.60 bits per heavy atom. The molecule has 1 aliphatic heterocycles. The van der Waals surface area contributed by atoms with Gasteiger partial charge in [-0.15, -0.1) is 0 Å². The van der Waals surface area contributed by atoms with Crippen LogP contribution < -0.4 is 14.8 Å². The van der Waals surface area contributed by atoms with E-state index in [4.69, 9.17) is 37.4 Å². The fourth-order valence-electron chi connectivity index (χ4n) is 5.05. The van der Waals surface area contributed by atoms with Crippen molar-refractivity contribution >= 4 is 57.6 Å². The summed E-state index contributed by atoms with van der Waals surface area (Å²) in [6, 6.07) is 7.55. The molecule has 1 aliphatic carbocycles. The minimum absolute atomic E-state index is 0.0363. The van der Waals surface area contributed by atoms with Gasteiger partial charge in [0.05, 0.1) is 52.5 Å². The van der Waals surface area contributed by atoms with Gasteiger partial charge < -0.3 is 39.7 Å². The summed E-state index contributed by atoms with van der Waals surface area (Å²) in [4.78, 5) is 28.6. The van der Waals surface area contributed by atoms with Crippen LogP contribution in [0, 0.1) is 9.49 Å². The van der Waals surface area contributed by atoms with Crippen LogP contribution in [-0.2, 0) is 27.5 Å². The largest absolute Gasteiger partial charge is 0.493 e. The van der Waals surface area contributed by atoms with E-state index in [9.17, 15) is 24.9 Å². The maximum absolute atomic E-state index is 13.9. The van der Waals surface area contributed by atoms with Gasteiger partial charge in [-0.2, -0.15) is 0 Å². The maximum atomic E-state index is 13.9.